The Morgan fingerprint density at radius 2 is 2.08 bits per heavy atom. The lowest BCUT2D eigenvalue weighted by Crippen LogP contribution is -2.17. The third-order valence-electron chi connectivity index (χ3n) is 4.79. The van der Waals surface area contributed by atoms with E-state index in [1.54, 1.807) is 12.4 Å². The summed E-state index contributed by atoms with van der Waals surface area (Å²) in [4.78, 5) is 13.3. The highest BCUT2D eigenvalue weighted by atomic mass is 79.9. The van der Waals surface area contributed by atoms with Gasteiger partial charge in [-0.25, -0.2) is 15.0 Å². The van der Waals surface area contributed by atoms with E-state index in [4.69, 9.17) is 10.2 Å². The van der Waals surface area contributed by atoms with E-state index in [9.17, 15) is 0 Å². The third-order valence-corrected chi connectivity index (χ3v) is 5.28. The Balaban J connectivity index is 1.50. The zero-order valence-electron chi connectivity index (χ0n) is 13.8. The summed E-state index contributed by atoms with van der Waals surface area (Å²) >= 11 is 3.51. The molecule has 0 saturated heterocycles. The minimum absolute atomic E-state index is 0.324. The predicted octanol–water partition coefficient (Wildman–Crippen LogP) is 3.75. The Morgan fingerprint density at radius 1 is 1.28 bits per heavy atom. The predicted molar refractivity (Wildman–Crippen MR) is 99.2 cm³/mol. The van der Waals surface area contributed by atoms with Gasteiger partial charge in [0.2, 0.25) is 5.95 Å². The van der Waals surface area contributed by atoms with Crippen LogP contribution in [0.5, 0.6) is 0 Å². The summed E-state index contributed by atoms with van der Waals surface area (Å²) in [5, 5.41) is 12.2. The molecule has 3 aromatic rings. The number of benzene rings is 1. The molecule has 2 atom stereocenters. The molecule has 1 N–H and O–H groups in total. The van der Waals surface area contributed by atoms with E-state index in [1.807, 2.05) is 6.07 Å². The topological polar surface area (TPSA) is 79.4 Å². The van der Waals surface area contributed by atoms with Crippen LogP contribution in [0.4, 0.5) is 5.95 Å². The average Bonchev–Trinajstić information content (AvgIpc) is 3.20. The molecule has 1 saturated carbocycles. The summed E-state index contributed by atoms with van der Waals surface area (Å²) in [7, 11) is 2.09. The first-order valence-corrected chi connectivity index (χ1v) is 9.04. The molecule has 25 heavy (non-hydrogen) atoms. The van der Waals surface area contributed by atoms with Gasteiger partial charge in [-0.05, 0) is 37.5 Å². The van der Waals surface area contributed by atoms with Crippen LogP contribution in [0.1, 0.15) is 36.6 Å². The van der Waals surface area contributed by atoms with Crippen molar-refractivity contribution in [3.8, 4) is 6.07 Å². The minimum atomic E-state index is 0.324. The Hall–Kier alpha value is -2.46. The summed E-state index contributed by atoms with van der Waals surface area (Å²) in [6.45, 7) is 0. The number of halogens is 1. The van der Waals surface area contributed by atoms with Crippen molar-refractivity contribution in [2.75, 3.05) is 5.32 Å². The van der Waals surface area contributed by atoms with Crippen molar-refractivity contribution in [1.29, 1.82) is 5.26 Å². The number of rotatable bonds is 3. The number of imidazole rings is 1. The Morgan fingerprint density at radius 3 is 2.84 bits per heavy atom. The van der Waals surface area contributed by atoms with Crippen LogP contribution in [0, 0.1) is 11.3 Å². The van der Waals surface area contributed by atoms with E-state index in [-0.39, 0.29) is 0 Å². The normalized spacial score (nSPS) is 19.9. The number of aryl methyl sites for hydroxylation is 1. The van der Waals surface area contributed by atoms with Gasteiger partial charge in [-0.3, -0.25) is 0 Å². The minimum Gasteiger partial charge on any atom is -0.351 e. The second kappa shape index (κ2) is 6.45. The number of nitrogens with one attached hydrogen (secondary N) is 1. The molecule has 0 radical (unpaired) electrons. The van der Waals surface area contributed by atoms with E-state index in [0.29, 0.717) is 23.5 Å². The van der Waals surface area contributed by atoms with E-state index in [0.717, 1.165) is 40.6 Å². The van der Waals surface area contributed by atoms with Crippen molar-refractivity contribution in [2.24, 2.45) is 7.05 Å². The van der Waals surface area contributed by atoms with Gasteiger partial charge in [0.25, 0.3) is 0 Å². The van der Waals surface area contributed by atoms with Crippen molar-refractivity contribution in [3.05, 3.63) is 46.5 Å². The molecule has 7 heteroatoms. The Kier molecular flexibility index (Phi) is 4.14. The molecule has 1 aromatic carbocycles. The molecule has 0 spiro atoms. The highest BCUT2D eigenvalue weighted by Gasteiger charge is 2.29. The number of fused-ring (bicyclic) bond motifs is 1. The van der Waals surface area contributed by atoms with Crippen molar-refractivity contribution in [1.82, 2.24) is 19.5 Å². The largest absolute Gasteiger partial charge is 0.351 e. The monoisotopic (exact) mass is 396 g/mol. The molecule has 0 bridgehead atoms. The SMILES string of the molecule is Cn1c([C@H]2CC[C@@H](Nc3ncc(C#N)cn3)C2)nc2cc(Br)ccc21. The molecule has 2 aromatic heterocycles. The van der Waals surface area contributed by atoms with Gasteiger partial charge in [0.15, 0.2) is 0 Å². The number of anilines is 1. The lowest BCUT2D eigenvalue weighted by Gasteiger charge is -2.13. The van der Waals surface area contributed by atoms with E-state index in [1.165, 1.54) is 0 Å². The summed E-state index contributed by atoms with van der Waals surface area (Å²) in [6, 6.07) is 8.57. The quantitative estimate of drug-likeness (QED) is 0.728. The molecule has 0 unspecified atom stereocenters. The molecule has 126 valence electrons. The molecule has 1 aliphatic rings. The zero-order chi connectivity index (χ0) is 17.4. The molecular weight excluding hydrogens is 380 g/mol. The number of hydrogen-bond acceptors (Lipinski definition) is 5. The summed E-state index contributed by atoms with van der Waals surface area (Å²) in [5.74, 6) is 2.14. The Labute approximate surface area is 154 Å². The fourth-order valence-electron chi connectivity index (χ4n) is 3.55. The van der Waals surface area contributed by atoms with Crippen molar-refractivity contribution < 1.29 is 0 Å². The van der Waals surface area contributed by atoms with E-state index in [2.05, 4.69) is 61.0 Å². The first kappa shape index (κ1) is 16.0. The zero-order valence-corrected chi connectivity index (χ0v) is 15.4. The smallest absolute Gasteiger partial charge is 0.222 e. The van der Waals surface area contributed by atoms with Gasteiger partial charge in [-0.1, -0.05) is 15.9 Å². The van der Waals surface area contributed by atoms with Gasteiger partial charge in [0.05, 0.1) is 29.0 Å². The first-order chi connectivity index (χ1) is 12.1. The van der Waals surface area contributed by atoms with Crippen LogP contribution in [0.3, 0.4) is 0 Å². The van der Waals surface area contributed by atoms with Crippen LogP contribution in [0.15, 0.2) is 35.1 Å². The van der Waals surface area contributed by atoms with Crippen LogP contribution in [0.25, 0.3) is 11.0 Å². The fourth-order valence-corrected chi connectivity index (χ4v) is 3.90. The molecule has 1 fully saturated rings. The summed E-state index contributed by atoms with van der Waals surface area (Å²) in [6.07, 6.45) is 6.24. The van der Waals surface area contributed by atoms with Crippen molar-refractivity contribution in [3.63, 3.8) is 0 Å². The van der Waals surface area contributed by atoms with Gasteiger partial charge >= 0.3 is 0 Å². The Bertz CT molecular complexity index is 956. The lowest BCUT2D eigenvalue weighted by atomic mass is 10.1. The first-order valence-electron chi connectivity index (χ1n) is 8.24. The lowest BCUT2D eigenvalue weighted by molar-refractivity contribution is 0.629. The molecule has 1 aliphatic carbocycles. The van der Waals surface area contributed by atoms with E-state index < -0.39 is 0 Å². The second-order valence-corrected chi connectivity index (χ2v) is 7.34. The van der Waals surface area contributed by atoms with Crippen LogP contribution < -0.4 is 5.32 Å². The van der Waals surface area contributed by atoms with Crippen LogP contribution in [-0.2, 0) is 7.05 Å². The number of nitriles is 1. The molecule has 0 amide bonds. The molecular formula is C18H17BrN6. The van der Waals surface area contributed by atoms with Gasteiger partial charge in [0.1, 0.15) is 11.9 Å². The van der Waals surface area contributed by atoms with Crippen molar-refractivity contribution in [2.45, 2.75) is 31.2 Å². The molecule has 4 rings (SSSR count). The number of hydrogen-bond donors (Lipinski definition) is 1. The van der Waals surface area contributed by atoms with Gasteiger partial charge < -0.3 is 9.88 Å². The molecule has 2 heterocycles. The second-order valence-electron chi connectivity index (χ2n) is 6.42. The highest BCUT2D eigenvalue weighted by molar-refractivity contribution is 9.10. The summed E-state index contributed by atoms with van der Waals surface area (Å²) in [5.41, 5.74) is 2.66. The summed E-state index contributed by atoms with van der Waals surface area (Å²) < 4.78 is 3.25. The maximum absolute atomic E-state index is 8.81. The van der Waals surface area contributed by atoms with Gasteiger partial charge in [-0.15, -0.1) is 0 Å². The third kappa shape index (κ3) is 3.10. The molecule has 6 nitrogen and oxygen atoms in total. The van der Waals surface area contributed by atoms with Crippen LogP contribution in [0.2, 0.25) is 0 Å². The van der Waals surface area contributed by atoms with Crippen LogP contribution in [-0.4, -0.2) is 25.6 Å². The maximum atomic E-state index is 8.81. The number of aromatic nitrogens is 4. The fraction of sp³-hybridized carbons (Fsp3) is 0.333. The maximum Gasteiger partial charge on any atom is 0.222 e. The standard InChI is InChI=1S/C18H17BrN6/c1-25-16-5-3-13(19)7-15(16)24-17(25)12-2-4-14(6-12)23-18-21-9-11(8-20)10-22-18/h3,5,7,9-10,12,14H,2,4,6H2,1H3,(H,21,22,23)/t12-,14+/m0/s1. The molecule has 0 aliphatic heterocycles. The van der Waals surface area contributed by atoms with Gasteiger partial charge in [0, 0.05) is 23.5 Å². The average molecular weight is 397 g/mol. The highest BCUT2D eigenvalue weighted by Crippen LogP contribution is 2.36. The van der Waals surface area contributed by atoms with Gasteiger partial charge in [-0.2, -0.15) is 5.26 Å². The van der Waals surface area contributed by atoms with Crippen molar-refractivity contribution >= 4 is 32.9 Å². The van der Waals surface area contributed by atoms with Crippen LogP contribution >= 0.6 is 15.9 Å². The number of nitrogens with zero attached hydrogens (tertiary/aromatic N) is 5. The van der Waals surface area contributed by atoms with E-state index >= 15 is 0 Å².